The van der Waals surface area contributed by atoms with Crippen LogP contribution in [-0.2, 0) is 26.3 Å². The fourth-order valence-corrected chi connectivity index (χ4v) is 2.59. The van der Waals surface area contributed by atoms with E-state index in [1.165, 1.54) is 0 Å². The fraction of sp³-hybridized carbons (Fsp3) is 0.350. The lowest BCUT2D eigenvalue weighted by Gasteiger charge is -2.24. The Kier molecular flexibility index (Phi) is 5.56. The summed E-state index contributed by atoms with van der Waals surface area (Å²) in [6, 6.07) is 16.3. The van der Waals surface area contributed by atoms with Gasteiger partial charge in [0, 0.05) is 7.11 Å². The predicted octanol–water partition coefficient (Wildman–Crippen LogP) is 4.34. The number of hydrogen-bond acceptors (Lipinski definition) is 3. The van der Waals surface area contributed by atoms with E-state index in [1.54, 1.807) is 7.11 Å². The standard InChI is InChI=1S/C20H24O3/c1-5-23-19(21)20(2,3)17-11-12-18(16(13-17)14-22-4)15-9-7-6-8-10-15/h6-13H,5,14H2,1-4H3. The molecule has 0 heterocycles. The number of benzene rings is 2. The minimum Gasteiger partial charge on any atom is -0.465 e. The Morgan fingerprint density at radius 2 is 1.78 bits per heavy atom. The molecule has 2 aromatic carbocycles. The van der Waals surface area contributed by atoms with Crippen molar-refractivity contribution in [2.24, 2.45) is 0 Å². The molecule has 0 N–H and O–H groups in total. The average Bonchev–Trinajstić information content (AvgIpc) is 2.56. The van der Waals surface area contributed by atoms with Gasteiger partial charge in [0.1, 0.15) is 0 Å². The molecule has 3 heteroatoms. The summed E-state index contributed by atoms with van der Waals surface area (Å²) < 4.78 is 10.6. The molecule has 0 aliphatic heterocycles. The normalized spacial score (nSPS) is 11.3. The van der Waals surface area contributed by atoms with Crippen molar-refractivity contribution in [1.82, 2.24) is 0 Å². The number of hydrogen-bond donors (Lipinski definition) is 0. The van der Waals surface area contributed by atoms with E-state index in [1.807, 2.05) is 51.1 Å². The van der Waals surface area contributed by atoms with Gasteiger partial charge in [0.15, 0.2) is 0 Å². The number of carbonyl (C=O) groups excluding carboxylic acids is 1. The summed E-state index contributed by atoms with van der Waals surface area (Å²) in [6.45, 7) is 6.48. The molecule has 3 nitrogen and oxygen atoms in total. The maximum atomic E-state index is 12.2. The van der Waals surface area contributed by atoms with Gasteiger partial charge in [-0.25, -0.2) is 0 Å². The summed E-state index contributed by atoms with van der Waals surface area (Å²) in [5, 5.41) is 0. The first-order chi connectivity index (χ1) is 11.0. The van der Waals surface area contributed by atoms with Gasteiger partial charge < -0.3 is 9.47 Å². The van der Waals surface area contributed by atoms with Gasteiger partial charge in [0.2, 0.25) is 0 Å². The van der Waals surface area contributed by atoms with E-state index in [0.717, 1.165) is 22.3 Å². The van der Waals surface area contributed by atoms with Gasteiger partial charge in [-0.15, -0.1) is 0 Å². The van der Waals surface area contributed by atoms with E-state index in [0.29, 0.717) is 13.2 Å². The minimum atomic E-state index is -0.687. The second-order valence-corrected chi connectivity index (χ2v) is 6.02. The van der Waals surface area contributed by atoms with Crippen LogP contribution in [0.25, 0.3) is 11.1 Å². The molecule has 0 fully saturated rings. The SMILES string of the molecule is CCOC(=O)C(C)(C)c1ccc(-c2ccccc2)c(COC)c1. The first-order valence-corrected chi connectivity index (χ1v) is 7.85. The van der Waals surface area contributed by atoms with Crippen molar-refractivity contribution in [3.8, 4) is 11.1 Å². The maximum Gasteiger partial charge on any atom is 0.315 e. The smallest absolute Gasteiger partial charge is 0.315 e. The van der Waals surface area contributed by atoms with E-state index >= 15 is 0 Å². The minimum absolute atomic E-state index is 0.212. The van der Waals surface area contributed by atoms with Crippen LogP contribution in [0.15, 0.2) is 48.5 Å². The third-order valence-corrected chi connectivity index (χ3v) is 4.00. The average molecular weight is 312 g/mol. The van der Waals surface area contributed by atoms with Gasteiger partial charge in [-0.05, 0) is 43.0 Å². The van der Waals surface area contributed by atoms with Crippen molar-refractivity contribution in [3.05, 3.63) is 59.7 Å². The van der Waals surface area contributed by atoms with Crippen LogP contribution in [0.1, 0.15) is 31.9 Å². The molecule has 0 amide bonds. The highest BCUT2D eigenvalue weighted by atomic mass is 16.5. The van der Waals surface area contributed by atoms with E-state index in [9.17, 15) is 4.79 Å². The van der Waals surface area contributed by atoms with Crippen molar-refractivity contribution in [2.75, 3.05) is 13.7 Å². The molecular formula is C20H24O3. The molecule has 0 saturated heterocycles. The molecule has 0 unspecified atom stereocenters. The van der Waals surface area contributed by atoms with Crippen molar-refractivity contribution in [2.45, 2.75) is 32.8 Å². The zero-order valence-electron chi connectivity index (χ0n) is 14.3. The van der Waals surface area contributed by atoms with Gasteiger partial charge in [-0.3, -0.25) is 4.79 Å². The highest BCUT2D eigenvalue weighted by Crippen LogP contribution is 2.31. The lowest BCUT2D eigenvalue weighted by atomic mass is 9.82. The third kappa shape index (κ3) is 3.80. The van der Waals surface area contributed by atoms with Gasteiger partial charge in [0.25, 0.3) is 0 Å². The van der Waals surface area contributed by atoms with Gasteiger partial charge in [-0.2, -0.15) is 0 Å². The molecule has 122 valence electrons. The molecule has 0 saturated carbocycles. The van der Waals surface area contributed by atoms with Crippen molar-refractivity contribution in [1.29, 1.82) is 0 Å². The lowest BCUT2D eigenvalue weighted by molar-refractivity contribution is -0.148. The number of carbonyl (C=O) groups is 1. The largest absolute Gasteiger partial charge is 0.465 e. The number of rotatable bonds is 6. The second-order valence-electron chi connectivity index (χ2n) is 6.02. The molecule has 0 bridgehead atoms. The molecule has 0 aliphatic carbocycles. The van der Waals surface area contributed by atoms with Crippen LogP contribution in [0.2, 0.25) is 0 Å². The zero-order valence-corrected chi connectivity index (χ0v) is 14.3. The summed E-state index contributed by atoms with van der Waals surface area (Å²) in [6.07, 6.45) is 0. The van der Waals surface area contributed by atoms with Gasteiger partial charge in [-0.1, -0.05) is 48.5 Å². The van der Waals surface area contributed by atoms with Crippen LogP contribution in [0.3, 0.4) is 0 Å². The Morgan fingerprint density at radius 3 is 2.39 bits per heavy atom. The summed E-state index contributed by atoms with van der Waals surface area (Å²) in [4.78, 5) is 12.2. The van der Waals surface area contributed by atoms with Gasteiger partial charge >= 0.3 is 5.97 Å². The topological polar surface area (TPSA) is 35.5 Å². The van der Waals surface area contributed by atoms with E-state index in [4.69, 9.17) is 9.47 Å². The van der Waals surface area contributed by atoms with Crippen LogP contribution >= 0.6 is 0 Å². The van der Waals surface area contributed by atoms with Crippen molar-refractivity contribution in [3.63, 3.8) is 0 Å². The van der Waals surface area contributed by atoms with E-state index in [2.05, 4.69) is 18.2 Å². The highest BCUT2D eigenvalue weighted by Gasteiger charge is 2.31. The Bertz CT molecular complexity index is 660. The van der Waals surface area contributed by atoms with Gasteiger partial charge in [0.05, 0.1) is 18.6 Å². The monoisotopic (exact) mass is 312 g/mol. The Morgan fingerprint density at radius 1 is 1.09 bits per heavy atom. The summed E-state index contributed by atoms with van der Waals surface area (Å²) in [5.41, 5.74) is 3.57. The molecule has 0 aliphatic rings. The van der Waals surface area contributed by atoms with Crippen LogP contribution in [0.4, 0.5) is 0 Å². The lowest BCUT2D eigenvalue weighted by Crippen LogP contribution is -2.31. The van der Waals surface area contributed by atoms with E-state index < -0.39 is 5.41 Å². The highest BCUT2D eigenvalue weighted by molar-refractivity contribution is 5.83. The first-order valence-electron chi connectivity index (χ1n) is 7.85. The summed E-state index contributed by atoms with van der Waals surface area (Å²) in [5.74, 6) is -0.212. The first kappa shape index (κ1) is 17.2. The van der Waals surface area contributed by atoms with Crippen molar-refractivity contribution >= 4 is 5.97 Å². The van der Waals surface area contributed by atoms with Crippen LogP contribution in [-0.4, -0.2) is 19.7 Å². The Labute approximate surface area is 138 Å². The molecule has 0 atom stereocenters. The number of methoxy groups -OCH3 is 1. The summed E-state index contributed by atoms with van der Waals surface area (Å²) in [7, 11) is 1.68. The molecular weight excluding hydrogens is 288 g/mol. The third-order valence-electron chi connectivity index (χ3n) is 4.00. The summed E-state index contributed by atoms with van der Waals surface area (Å²) >= 11 is 0. The molecule has 0 aromatic heterocycles. The predicted molar refractivity (Wildman–Crippen MR) is 92.3 cm³/mol. The number of esters is 1. The van der Waals surface area contributed by atoms with Crippen molar-refractivity contribution < 1.29 is 14.3 Å². The Hall–Kier alpha value is -2.13. The quantitative estimate of drug-likeness (QED) is 0.744. The molecule has 23 heavy (non-hydrogen) atoms. The zero-order chi connectivity index (χ0) is 16.9. The fourth-order valence-electron chi connectivity index (χ4n) is 2.59. The van der Waals surface area contributed by atoms with Crippen LogP contribution in [0, 0.1) is 0 Å². The second kappa shape index (κ2) is 7.42. The number of ether oxygens (including phenoxy) is 2. The van der Waals surface area contributed by atoms with Crippen LogP contribution < -0.4 is 0 Å². The molecule has 2 aromatic rings. The maximum absolute atomic E-state index is 12.2. The molecule has 0 spiro atoms. The van der Waals surface area contributed by atoms with Crippen LogP contribution in [0.5, 0.6) is 0 Å². The molecule has 0 radical (unpaired) electrons. The van der Waals surface area contributed by atoms with E-state index in [-0.39, 0.29) is 5.97 Å². The Balaban J connectivity index is 2.45. The molecule has 2 rings (SSSR count).